The van der Waals surface area contributed by atoms with Crippen molar-refractivity contribution in [3.05, 3.63) is 35.9 Å². The van der Waals surface area contributed by atoms with Crippen molar-refractivity contribution in [1.82, 2.24) is 0 Å². The molecule has 25 heavy (non-hydrogen) atoms. The van der Waals surface area contributed by atoms with Gasteiger partial charge in [0.05, 0.1) is 12.1 Å². The lowest BCUT2D eigenvalue weighted by Crippen LogP contribution is -2.78. The van der Waals surface area contributed by atoms with Gasteiger partial charge in [-0.05, 0) is 18.9 Å². The van der Waals surface area contributed by atoms with Crippen LogP contribution in [0.2, 0.25) is 0 Å². The van der Waals surface area contributed by atoms with E-state index >= 15 is 0 Å². The highest BCUT2D eigenvalue weighted by atomic mass is 16.7. The normalized spacial score (nSPS) is 45.3. The SMILES string of the molecule is CO[C@H]1O[C@@H]2C(=O)O[C@H]3[C@@H](OCc4ccccc4)[C@]2(N)[C@@H]1C[C@]3(C)O. The van der Waals surface area contributed by atoms with Crippen LogP contribution >= 0.6 is 0 Å². The summed E-state index contributed by atoms with van der Waals surface area (Å²) < 4.78 is 22.7. The molecule has 2 saturated heterocycles. The van der Waals surface area contributed by atoms with E-state index in [1.54, 1.807) is 6.92 Å². The number of ether oxygens (including phenoxy) is 4. The van der Waals surface area contributed by atoms with Crippen LogP contribution in [-0.2, 0) is 30.3 Å². The number of aliphatic hydroxyl groups is 1. The maximum absolute atomic E-state index is 12.4. The largest absolute Gasteiger partial charge is 0.454 e. The van der Waals surface area contributed by atoms with Crippen LogP contribution in [0.4, 0.5) is 0 Å². The summed E-state index contributed by atoms with van der Waals surface area (Å²) in [5, 5.41) is 10.9. The highest BCUT2D eigenvalue weighted by Crippen LogP contribution is 2.53. The molecular formula is C18H23NO6. The van der Waals surface area contributed by atoms with E-state index in [2.05, 4.69) is 0 Å². The number of nitrogens with two attached hydrogens (primary N) is 1. The van der Waals surface area contributed by atoms with Gasteiger partial charge in [-0.15, -0.1) is 0 Å². The van der Waals surface area contributed by atoms with Crippen molar-refractivity contribution in [3.63, 3.8) is 0 Å². The van der Waals surface area contributed by atoms with E-state index in [1.165, 1.54) is 7.11 Å². The van der Waals surface area contributed by atoms with Gasteiger partial charge in [0.1, 0.15) is 11.7 Å². The molecule has 1 aromatic rings. The molecule has 3 fully saturated rings. The number of rotatable bonds is 4. The topological polar surface area (TPSA) is 100 Å². The van der Waals surface area contributed by atoms with Crippen LogP contribution in [0, 0.1) is 5.92 Å². The Hall–Kier alpha value is -1.51. The Bertz CT molecular complexity index is 665. The second kappa shape index (κ2) is 5.75. The van der Waals surface area contributed by atoms with Crippen LogP contribution in [0.3, 0.4) is 0 Å². The number of benzene rings is 1. The molecule has 2 bridgehead atoms. The summed E-state index contributed by atoms with van der Waals surface area (Å²) in [6.45, 7) is 1.93. The molecule has 7 nitrogen and oxygen atoms in total. The Kier molecular flexibility index (Phi) is 3.90. The maximum Gasteiger partial charge on any atom is 0.337 e. The molecule has 2 aliphatic heterocycles. The molecule has 0 amide bonds. The molecule has 0 unspecified atom stereocenters. The van der Waals surface area contributed by atoms with Crippen molar-refractivity contribution >= 4 is 5.97 Å². The van der Waals surface area contributed by atoms with Gasteiger partial charge in [-0.25, -0.2) is 4.79 Å². The molecule has 2 heterocycles. The van der Waals surface area contributed by atoms with E-state index in [0.717, 1.165) is 5.56 Å². The van der Waals surface area contributed by atoms with E-state index in [0.29, 0.717) is 13.0 Å². The minimum absolute atomic E-state index is 0.297. The lowest BCUT2D eigenvalue weighted by molar-refractivity contribution is -0.247. The molecular weight excluding hydrogens is 326 g/mol. The van der Waals surface area contributed by atoms with Crippen molar-refractivity contribution < 1.29 is 28.8 Å². The van der Waals surface area contributed by atoms with Crippen molar-refractivity contribution in [2.45, 2.75) is 55.7 Å². The number of fused-ring (bicyclic) bond motifs is 1. The first-order valence-electron chi connectivity index (χ1n) is 8.43. The van der Waals surface area contributed by atoms with Gasteiger partial charge in [0.15, 0.2) is 18.5 Å². The molecule has 1 aliphatic carbocycles. The standard InChI is InChI=1S/C18H23NO6/c1-17(21)8-11-16(22-2)25-14-15(20)24-12(17)13(18(11,14)19)23-9-10-6-4-3-5-7-10/h3-7,11-14,16,21H,8-9,19H2,1-2H3/t11-,12+,13-,14-,16+,17+,18-/m1/s1. The summed E-state index contributed by atoms with van der Waals surface area (Å²) in [4.78, 5) is 12.4. The highest BCUT2D eigenvalue weighted by Gasteiger charge is 2.73. The number of esters is 1. The number of hydrogen-bond acceptors (Lipinski definition) is 7. The molecule has 1 saturated carbocycles. The second-order valence-corrected chi connectivity index (χ2v) is 7.36. The van der Waals surface area contributed by atoms with Crippen LogP contribution in [0.25, 0.3) is 0 Å². The van der Waals surface area contributed by atoms with Gasteiger partial charge in [0, 0.05) is 13.0 Å². The molecule has 0 spiro atoms. The van der Waals surface area contributed by atoms with Crippen molar-refractivity contribution in [2.24, 2.45) is 11.7 Å². The smallest absolute Gasteiger partial charge is 0.337 e. The fourth-order valence-corrected chi connectivity index (χ4v) is 4.41. The third-order valence-corrected chi connectivity index (χ3v) is 5.67. The number of carbonyl (C=O) groups is 1. The van der Waals surface area contributed by atoms with Crippen molar-refractivity contribution in [1.29, 1.82) is 0 Å². The maximum atomic E-state index is 12.4. The second-order valence-electron chi connectivity index (χ2n) is 7.36. The lowest BCUT2D eigenvalue weighted by atomic mass is 9.62. The fourth-order valence-electron chi connectivity index (χ4n) is 4.41. The van der Waals surface area contributed by atoms with E-state index in [9.17, 15) is 9.90 Å². The molecule has 3 aliphatic rings. The summed E-state index contributed by atoms with van der Waals surface area (Å²) in [7, 11) is 1.50. The third-order valence-electron chi connectivity index (χ3n) is 5.67. The van der Waals surface area contributed by atoms with Gasteiger partial charge in [-0.2, -0.15) is 0 Å². The Labute approximate surface area is 146 Å². The Morgan fingerprint density at radius 3 is 2.76 bits per heavy atom. The van der Waals surface area contributed by atoms with Crippen LogP contribution < -0.4 is 5.73 Å². The average molecular weight is 349 g/mol. The van der Waals surface area contributed by atoms with E-state index in [4.69, 9.17) is 24.7 Å². The third kappa shape index (κ3) is 2.42. The Balaban J connectivity index is 1.69. The first-order valence-corrected chi connectivity index (χ1v) is 8.43. The molecule has 7 heteroatoms. The van der Waals surface area contributed by atoms with Crippen molar-refractivity contribution in [2.75, 3.05) is 7.11 Å². The van der Waals surface area contributed by atoms with Gasteiger partial charge in [-0.3, -0.25) is 0 Å². The van der Waals surface area contributed by atoms with Gasteiger partial charge in [0.2, 0.25) is 0 Å². The molecule has 0 radical (unpaired) electrons. The van der Waals surface area contributed by atoms with E-state index in [1.807, 2.05) is 30.3 Å². The highest BCUT2D eigenvalue weighted by molar-refractivity contribution is 5.79. The minimum Gasteiger partial charge on any atom is -0.454 e. The number of methoxy groups -OCH3 is 1. The minimum atomic E-state index is -1.28. The monoisotopic (exact) mass is 349 g/mol. The molecule has 7 atom stereocenters. The molecule has 136 valence electrons. The predicted molar refractivity (Wildman–Crippen MR) is 86.2 cm³/mol. The molecule has 0 aromatic heterocycles. The van der Waals surface area contributed by atoms with Gasteiger partial charge >= 0.3 is 5.97 Å². The zero-order valence-electron chi connectivity index (χ0n) is 14.3. The van der Waals surface area contributed by atoms with E-state index in [-0.39, 0.29) is 5.92 Å². The van der Waals surface area contributed by atoms with Crippen LogP contribution in [0.15, 0.2) is 30.3 Å². The summed E-state index contributed by atoms with van der Waals surface area (Å²) in [5.74, 6) is -0.945. The first-order chi connectivity index (χ1) is 11.9. The quantitative estimate of drug-likeness (QED) is 0.756. The van der Waals surface area contributed by atoms with Gasteiger partial charge in [-0.1, -0.05) is 30.3 Å². The summed E-state index contributed by atoms with van der Waals surface area (Å²) >= 11 is 0. The predicted octanol–water partition coefficient (Wildman–Crippen LogP) is 0.337. The van der Waals surface area contributed by atoms with E-state index < -0.39 is 41.7 Å². The first kappa shape index (κ1) is 16.9. The Morgan fingerprint density at radius 2 is 2.08 bits per heavy atom. The summed E-state index contributed by atoms with van der Waals surface area (Å²) in [6, 6.07) is 9.64. The van der Waals surface area contributed by atoms with Crippen LogP contribution in [0.5, 0.6) is 0 Å². The number of carbonyl (C=O) groups excluding carboxylic acids is 1. The fraction of sp³-hybridized carbons (Fsp3) is 0.611. The average Bonchev–Trinajstić information content (AvgIpc) is 2.89. The molecule has 1 aromatic carbocycles. The van der Waals surface area contributed by atoms with Crippen LogP contribution in [0.1, 0.15) is 18.9 Å². The van der Waals surface area contributed by atoms with Gasteiger partial charge < -0.3 is 29.8 Å². The van der Waals surface area contributed by atoms with Gasteiger partial charge in [0.25, 0.3) is 0 Å². The lowest BCUT2D eigenvalue weighted by Gasteiger charge is -2.55. The molecule has 3 N–H and O–H groups in total. The molecule has 4 rings (SSSR count). The zero-order valence-corrected chi connectivity index (χ0v) is 14.3. The van der Waals surface area contributed by atoms with Crippen LogP contribution in [-0.4, -0.2) is 53.9 Å². The Morgan fingerprint density at radius 1 is 1.36 bits per heavy atom. The summed E-state index contributed by atoms with van der Waals surface area (Å²) in [6.07, 6.45) is -2.88. The van der Waals surface area contributed by atoms with Crippen molar-refractivity contribution in [3.8, 4) is 0 Å². The number of hydrogen-bond donors (Lipinski definition) is 2. The summed E-state index contributed by atoms with van der Waals surface area (Å²) in [5.41, 5.74) is 5.29. The zero-order chi connectivity index (χ0) is 17.8.